The van der Waals surface area contributed by atoms with E-state index in [0.717, 1.165) is 0 Å². The molecule has 0 aliphatic heterocycles. The molecule has 0 heterocycles. The van der Waals surface area contributed by atoms with Gasteiger partial charge in [0.1, 0.15) is 0 Å². The number of amides is 2. The SMILES string of the molecule is CC(C)(C)NC(=O)NS(=O)(=O)c1ccc(Br)c(N)c1. The number of benzene rings is 1. The molecule has 1 aromatic carbocycles. The first-order chi connectivity index (χ1) is 8.51. The highest BCUT2D eigenvalue weighted by molar-refractivity contribution is 9.10. The molecule has 0 fully saturated rings. The van der Waals surface area contributed by atoms with Gasteiger partial charge in [0.2, 0.25) is 0 Å². The van der Waals surface area contributed by atoms with Crippen molar-refractivity contribution in [2.45, 2.75) is 31.2 Å². The summed E-state index contributed by atoms with van der Waals surface area (Å²) in [5, 5.41) is 2.50. The Bertz CT molecular complexity index is 594. The minimum absolute atomic E-state index is 0.0720. The van der Waals surface area contributed by atoms with Crippen molar-refractivity contribution < 1.29 is 13.2 Å². The number of anilines is 1. The van der Waals surface area contributed by atoms with Gasteiger partial charge in [-0.1, -0.05) is 0 Å². The number of nitrogen functional groups attached to an aromatic ring is 1. The standard InChI is InChI=1S/C11H16BrN3O3S/c1-11(2,3)14-10(16)15-19(17,18)7-4-5-8(12)9(13)6-7/h4-6H,13H2,1-3H3,(H2,14,15,16). The van der Waals surface area contributed by atoms with E-state index in [9.17, 15) is 13.2 Å². The maximum absolute atomic E-state index is 11.9. The fourth-order valence-corrected chi connectivity index (χ4v) is 2.42. The summed E-state index contributed by atoms with van der Waals surface area (Å²) in [5.74, 6) is 0. The minimum Gasteiger partial charge on any atom is -0.398 e. The lowest BCUT2D eigenvalue weighted by Crippen LogP contribution is -2.48. The largest absolute Gasteiger partial charge is 0.398 e. The van der Waals surface area contributed by atoms with Crippen molar-refractivity contribution in [3.05, 3.63) is 22.7 Å². The van der Waals surface area contributed by atoms with Crippen molar-refractivity contribution >= 4 is 37.7 Å². The van der Waals surface area contributed by atoms with Gasteiger partial charge >= 0.3 is 6.03 Å². The third-order valence-electron chi connectivity index (χ3n) is 1.99. The van der Waals surface area contributed by atoms with Crippen LogP contribution in [0.15, 0.2) is 27.6 Å². The lowest BCUT2D eigenvalue weighted by molar-refractivity contribution is 0.237. The fraction of sp³-hybridized carbons (Fsp3) is 0.364. The molecule has 0 radical (unpaired) electrons. The molecule has 0 spiro atoms. The molecule has 0 aliphatic carbocycles. The van der Waals surface area contributed by atoms with E-state index >= 15 is 0 Å². The van der Waals surface area contributed by atoms with Gasteiger partial charge in [-0.3, -0.25) is 0 Å². The molecule has 0 atom stereocenters. The van der Waals surface area contributed by atoms with Crippen molar-refractivity contribution in [2.24, 2.45) is 0 Å². The van der Waals surface area contributed by atoms with Crippen LogP contribution < -0.4 is 15.8 Å². The number of rotatable bonds is 2. The second-order valence-electron chi connectivity index (χ2n) is 4.99. The molecule has 0 saturated heterocycles. The molecule has 6 nitrogen and oxygen atoms in total. The number of halogens is 1. The molecule has 0 aliphatic rings. The summed E-state index contributed by atoms with van der Waals surface area (Å²) in [6, 6.07) is 3.35. The van der Waals surface area contributed by atoms with E-state index in [1.807, 2.05) is 4.72 Å². The Morgan fingerprint density at radius 1 is 1.32 bits per heavy atom. The number of sulfonamides is 1. The van der Waals surface area contributed by atoms with Crippen molar-refractivity contribution in [3.8, 4) is 0 Å². The van der Waals surface area contributed by atoms with Crippen LogP contribution in [-0.2, 0) is 10.0 Å². The molecule has 0 bridgehead atoms. The first kappa shape index (κ1) is 15.8. The zero-order chi connectivity index (χ0) is 14.8. The monoisotopic (exact) mass is 349 g/mol. The smallest absolute Gasteiger partial charge is 0.329 e. The Morgan fingerprint density at radius 3 is 2.37 bits per heavy atom. The van der Waals surface area contributed by atoms with E-state index in [0.29, 0.717) is 4.47 Å². The van der Waals surface area contributed by atoms with Crippen LogP contribution in [0.4, 0.5) is 10.5 Å². The van der Waals surface area contributed by atoms with Gasteiger partial charge in [-0.05, 0) is 54.9 Å². The Balaban J connectivity index is 2.93. The molecule has 0 aromatic heterocycles. The lowest BCUT2D eigenvalue weighted by Gasteiger charge is -2.20. The number of urea groups is 1. The Morgan fingerprint density at radius 2 is 1.89 bits per heavy atom. The van der Waals surface area contributed by atoms with Crippen LogP contribution in [0.25, 0.3) is 0 Å². The van der Waals surface area contributed by atoms with Crippen LogP contribution >= 0.6 is 15.9 Å². The maximum Gasteiger partial charge on any atom is 0.329 e. The summed E-state index contributed by atoms with van der Waals surface area (Å²) in [4.78, 5) is 11.5. The van der Waals surface area contributed by atoms with Crippen LogP contribution in [0.3, 0.4) is 0 Å². The first-order valence-electron chi connectivity index (χ1n) is 5.41. The quantitative estimate of drug-likeness (QED) is 0.708. The van der Waals surface area contributed by atoms with Crippen LogP contribution in [0.5, 0.6) is 0 Å². The molecule has 0 saturated carbocycles. The highest BCUT2D eigenvalue weighted by Gasteiger charge is 2.21. The van der Waals surface area contributed by atoms with Crippen molar-refractivity contribution in [1.82, 2.24) is 10.0 Å². The molecular formula is C11H16BrN3O3S. The fourth-order valence-electron chi connectivity index (χ4n) is 1.24. The molecule has 4 N–H and O–H groups in total. The van der Waals surface area contributed by atoms with E-state index in [1.54, 1.807) is 20.8 Å². The molecule has 8 heteroatoms. The molecule has 1 aromatic rings. The summed E-state index contributed by atoms with van der Waals surface area (Å²) in [6.07, 6.45) is 0. The van der Waals surface area contributed by atoms with Crippen LogP contribution in [-0.4, -0.2) is 20.0 Å². The highest BCUT2D eigenvalue weighted by Crippen LogP contribution is 2.22. The van der Waals surface area contributed by atoms with Gasteiger partial charge in [0.05, 0.1) is 4.90 Å². The summed E-state index contributed by atoms with van der Waals surface area (Å²) >= 11 is 3.17. The van der Waals surface area contributed by atoms with E-state index in [4.69, 9.17) is 5.73 Å². The number of carbonyl (C=O) groups is 1. The third-order valence-corrected chi connectivity index (χ3v) is 4.04. The Labute approximate surface area is 120 Å². The van der Waals surface area contributed by atoms with Gasteiger partial charge in [-0.2, -0.15) is 0 Å². The van der Waals surface area contributed by atoms with Gasteiger partial charge in [0, 0.05) is 15.7 Å². The van der Waals surface area contributed by atoms with Gasteiger partial charge in [0.25, 0.3) is 10.0 Å². The molecule has 106 valence electrons. The zero-order valence-electron chi connectivity index (χ0n) is 10.8. The van der Waals surface area contributed by atoms with Gasteiger partial charge < -0.3 is 11.1 Å². The maximum atomic E-state index is 11.9. The first-order valence-corrected chi connectivity index (χ1v) is 7.69. The average molecular weight is 350 g/mol. The second-order valence-corrected chi connectivity index (χ2v) is 7.53. The summed E-state index contributed by atoms with van der Waals surface area (Å²) < 4.78 is 26.4. The third kappa shape index (κ3) is 4.71. The van der Waals surface area contributed by atoms with Gasteiger partial charge in [-0.25, -0.2) is 17.9 Å². The summed E-state index contributed by atoms with van der Waals surface area (Å²) in [5.41, 5.74) is 5.36. The van der Waals surface area contributed by atoms with Crippen molar-refractivity contribution in [1.29, 1.82) is 0 Å². The molecule has 19 heavy (non-hydrogen) atoms. The van der Waals surface area contributed by atoms with E-state index in [-0.39, 0.29) is 10.6 Å². The second kappa shape index (κ2) is 5.38. The highest BCUT2D eigenvalue weighted by atomic mass is 79.9. The van der Waals surface area contributed by atoms with Crippen molar-refractivity contribution in [3.63, 3.8) is 0 Å². The van der Waals surface area contributed by atoms with E-state index in [2.05, 4.69) is 21.2 Å². The number of carbonyl (C=O) groups excluding carboxylic acids is 1. The lowest BCUT2D eigenvalue weighted by atomic mass is 10.1. The number of hydrogen-bond acceptors (Lipinski definition) is 4. The minimum atomic E-state index is -3.93. The van der Waals surface area contributed by atoms with Crippen LogP contribution in [0, 0.1) is 0 Å². The number of nitrogens with two attached hydrogens (primary N) is 1. The van der Waals surface area contributed by atoms with Gasteiger partial charge in [-0.15, -0.1) is 0 Å². The van der Waals surface area contributed by atoms with E-state index in [1.165, 1.54) is 18.2 Å². The van der Waals surface area contributed by atoms with Crippen molar-refractivity contribution in [2.75, 3.05) is 5.73 Å². The predicted octanol–water partition coefficient (Wildman–Crippen LogP) is 1.82. The normalized spacial score (nSPS) is 12.0. The molecule has 0 unspecified atom stereocenters. The molecular weight excluding hydrogens is 334 g/mol. The van der Waals surface area contributed by atoms with Gasteiger partial charge in [0.15, 0.2) is 0 Å². The Kier molecular flexibility index (Phi) is 4.46. The molecule has 2 amide bonds. The number of nitrogens with one attached hydrogen (secondary N) is 2. The van der Waals surface area contributed by atoms with Crippen LogP contribution in [0.2, 0.25) is 0 Å². The predicted molar refractivity (Wildman–Crippen MR) is 77.2 cm³/mol. The summed E-state index contributed by atoms with van der Waals surface area (Å²) in [7, 11) is -3.93. The summed E-state index contributed by atoms with van der Waals surface area (Å²) in [6.45, 7) is 5.24. The molecule has 1 rings (SSSR count). The number of hydrogen-bond donors (Lipinski definition) is 3. The zero-order valence-corrected chi connectivity index (χ0v) is 13.2. The Hall–Kier alpha value is -1.28. The average Bonchev–Trinajstić information content (AvgIpc) is 2.17. The topological polar surface area (TPSA) is 101 Å². The van der Waals surface area contributed by atoms with E-state index < -0.39 is 21.6 Å². The van der Waals surface area contributed by atoms with Crippen LogP contribution in [0.1, 0.15) is 20.8 Å².